The van der Waals surface area contributed by atoms with Gasteiger partial charge in [-0.2, -0.15) is 4.31 Å². The Balaban J connectivity index is 1.81. The number of nitrogens with one attached hydrogen (secondary N) is 1. The van der Waals surface area contributed by atoms with Gasteiger partial charge in [0.25, 0.3) is 0 Å². The number of amides is 1. The van der Waals surface area contributed by atoms with Crippen molar-refractivity contribution in [1.29, 1.82) is 0 Å². The fraction of sp³-hybridized carbons (Fsp3) is 0.174. The van der Waals surface area contributed by atoms with Gasteiger partial charge in [-0.25, -0.2) is 8.42 Å². The molecule has 0 radical (unpaired) electrons. The second kappa shape index (κ2) is 10.3. The van der Waals surface area contributed by atoms with Gasteiger partial charge in [-0.3, -0.25) is 4.79 Å². The van der Waals surface area contributed by atoms with E-state index < -0.39 is 15.9 Å². The Bertz CT molecular complexity index is 1120. The zero-order valence-corrected chi connectivity index (χ0v) is 19.2. The molecule has 0 spiro atoms. The molecule has 0 heterocycles. The molecule has 0 bridgehead atoms. The van der Waals surface area contributed by atoms with Gasteiger partial charge in [0.15, 0.2) is 0 Å². The molecule has 0 saturated heterocycles. The maximum Gasteiger partial charge on any atom is 0.243 e. The highest BCUT2D eigenvalue weighted by Gasteiger charge is 2.27. The standard InChI is InChI=1S/C23H22Cl2N2O3S/c1-17(19-7-9-20(24)10-8-19)26-23(28)16-27(15-18-5-3-2-4-6-18)31(29,30)22-13-11-21(25)12-14-22/h2-14,17H,15-16H2,1H3,(H,26,28)/t17-/m1/s1. The van der Waals surface area contributed by atoms with Gasteiger partial charge in [-0.05, 0) is 54.4 Å². The Morgan fingerprint density at radius 3 is 2.03 bits per heavy atom. The summed E-state index contributed by atoms with van der Waals surface area (Å²) in [5.74, 6) is -0.407. The molecule has 5 nitrogen and oxygen atoms in total. The molecule has 162 valence electrons. The summed E-state index contributed by atoms with van der Waals surface area (Å²) in [4.78, 5) is 12.8. The van der Waals surface area contributed by atoms with Gasteiger partial charge in [0.2, 0.25) is 15.9 Å². The van der Waals surface area contributed by atoms with E-state index in [1.54, 1.807) is 12.1 Å². The van der Waals surface area contributed by atoms with Gasteiger partial charge in [0, 0.05) is 16.6 Å². The molecule has 0 saturated carbocycles. The smallest absolute Gasteiger partial charge is 0.243 e. The minimum atomic E-state index is -3.92. The topological polar surface area (TPSA) is 66.5 Å². The normalized spacial score (nSPS) is 12.5. The molecule has 31 heavy (non-hydrogen) atoms. The number of nitrogens with zero attached hydrogens (tertiary/aromatic N) is 1. The van der Waals surface area contributed by atoms with E-state index >= 15 is 0 Å². The SMILES string of the molecule is C[C@@H](NC(=O)CN(Cc1ccccc1)S(=O)(=O)c1ccc(Cl)cc1)c1ccc(Cl)cc1. The number of sulfonamides is 1. The molecule has 3 aromatic rings. The number of carbonyl (C=O) groups excluding carboxylic acids is 1. The Morgan fingerprint density at radius 2 is 1.45 bits per heavy atom. The summed E-state index contributed by atoms with van der Waals surface area (Å²) in [6.07, 6.45) is 0. The van der Waals surface area contributed by atoms with Crippen LogP contribution in [0.2, 0.25) is 10.0 Å². The number of rotatable bonds is 8. The van der Waals surface area contributed by atoms with Gasteiger partial charge in [0.1, 0.15) is 0 Å². The molecule has 0 aliphatic carbocycles. The van der Waals surface area contributed by atoms with E-state index in [0.717, 1.165) is 15.4 Å². The van der Waals surface area contributed by atoms with E-state index in [4.69, 9.17) is 23.2 Å². The quantitative estimate of drug-likeness (QED) is 0.493. The lowest BCUT2D eigenvalue weighted by Crippen LogP contribution is -2.41. The third-order valence-electron chi connectivity index (χ3n) is 4.72. The first-order valence-electron chi connectivity index (χ1n) is 9.60. The van der Waals surface area contributed by atoms with Crippen molar-refractivity contribution >= 4 is 39.1 Å². The van der Waals surface area contributed by atoms with E-state index in [1.165, 1.54) is 24.3 Å². The highest BCUT2D eigenvalue weighted by Crippen LogP contribution is 2.21. The largest absolute Gasteiger partial charge is 0.348 e. The zero-order chi connectivity index (χ0) is 22.4. The van der Waals surface area contributed by atoms with Crippen molar-refractivity contribution in [2.75, 3.05) is 6.54 Å². The monoisotopic (exact) mass is 476 g/mol. The van der Waals surface area contributed by atoms with Crippen LogP contribution in [-0.2, 0) is 21.4 Å². The van der Waals surface area contributed by atoms with Gasteiger partial charge in [-0.15, -0.1) is 0 Å². The molecule has 0 fully saturated rings. The van der Waals surface area contributed by atoms with E-state index in [2.05, 4.69) is 5.32 Å². The van der Waals surface area contributed by atoms with Crippen LogP contribution in [-0.4, -0.2) is 25.2 Å². The molecule has 3 rings (SSSR count). The van der Waals surface area contributed by atoms with Crippen LogP contribution in [0.1, 0.15) is 24.1 Å². The molecular weight excluding hydrogens is 455 g/mol. The van der Waals surface area contributed by atoms with Gasteiger partial charge < -0.3 is 5.32 Å². The van der Waals surface area contributed by atoms with E-state index in [0.29, 0.717) is 10.0 Å². The van der Waals surface area contributed by atoms with E-state index in [1.807, 2.05) is 49.4 Å². The minimum Gasteiger partial charge on any atom is -0.348 e. The fourth-order valence-corrected chi connectivity index (χ4v) is 4.69. The van der Waals surface area contributed by atoms with Crippen molar-refractivity contribution < 1.29 is 13.2 Å². The first kappa shape index (κ1) is 23.3. The molecular formula is C23H22Cl2N2O3S. The Hall–Kier alpha value is -2.38. The van der Waals surface area contributed by atoms with E-state index in [9.17, 15) is 13.2 Å². The second-order valence-corrected chi connectivity index (χ2v) is 9.86. The lowest BCUT2D eigenvalue weighted by Gasteiger charge is -2.23. The van der Waals surface area contributed by atoms with Crippen LogP contribution in [0.25, 0.3) is 0 Å². The summed E-state index contributed by atoms with van der Waals surface area (Å²) in [6, 6.07) is 21.8. The third-order valence-corrected chi connectivity index (χ3v) is 7.03. The lowest BCUT2D eigenvalue weighted by molar-refractivity contribution is -0.122. The van der Waals surface area contributed by atoms with Gasteiger partial charge in [0.05, 0.1) is 17.5 Å². The molecule has 0 unspecified atom stereocenters. The van der Waals surface area contributed by atoms with Crippen LogP contribution in [0, 0.1) is 0 Å². The Kier molecular flexibility index (Phi) is 7.73. The summed E-state index contributed by atoms with van der Waals surface area (Å²) in [7, 11) is -3.92. The summed E-state index contributed by atoms with van der Waals surface area (Å²) in [5.41, 5.74) is 1.64. The van der Waals surface area contributed by atoms with E-state index in [-0.39, 0.29) is 24.0 Å². The van der Waals surface area contributed by atoms with Gasteiger partial charge >= 0.3 is 0 Å². The second-order valence-electron chi connectivity index (χ2n) is 7.05. The first-order valence-corrected chi connectivity index (χ1v) is 11.8. The van der Waals surface area contributed by atoms with Crippen LogP contribution in [0.3, 0.4) is 0 Å². The zero-order valence-electron chi connectivity index (χ0n) is 16.8. The van der Waals surface area contributed by atoms with Crippen molar-refractivity contribution in [1.82, 2.24) is 9.62 Å². The molecule has 0 aliphatic heterocycles. The third kappa shape index (κ3) is 6.31. The average Bonchev–Trinajstić information content (AvgIpc) is 2.74. The van der Waals surface area contributed by atoms with Crippen LogP contribution in [0.15, 0.2) is 83.8 Å². The van der Waals surface area contributed by atoms with Crippen molar-refractivity contribution in [2.24, 2.45) is 0 Å². The minimum absolute atomic E-state index is 0.0640. The summed E-state index contributed by atoms with van der Waals surface area (Å²) < 4.78 is 27.7. The Morgan fingerprint density at radius 1 is 0.903 bits per heavy atom. The van der Waals surface area contributed by atoms with Crippen molar-refractivity contribution in [2.45, 2.75) is 24.4 Å². The van der Waals surface area contributed by atoms with Crippen LogP contribution in [0.4, 0.5) is 0 Å². The highest BCUT2D eigenvalue weighted by atomic mass is 35.5. The molecule has 1 atom stereocenters. The summed E-state index contributed by atoms with van der Waals surface area (Å²) >= 11 is 11.8. The number of halogens is 2. The number of hydrogen-bond acceptors (Lipinski definition) is 3. The lowest BCUT2D eigenvalue weighted by atomic mass is 10.1. The molecule has 8 heteroatoms. The maximum atomic E-state index is 13.3. The summed E-state index contributed by atoms with van der Waals surface area (Å²) in [6.45, 7) is 1.57. The molecule has 0 aliphatic rings. The summed E-state index contributed by atoms with van der Waals surface area (Å²) in [5, 5.41) is 3.89. The van der Waals surface area contributed by atoms with Gasteiger partial charge in [-0.1, -0.05) is 65.7 Å². The highest BCUT2D eigenvalue weighted by molar-refractivity contribution is 7.89. The van der Waals surface area contributed by atoms with Crippen LogP contribution in [0.5, 0.6) is 0 Å². The van der Waals surface area contributed by atoms with Crippen molar-refractivity contribution in [3.05, 3.63) is 100 Å². The number of benzene rings is 3. The van der Waals surface area contributed by atoms with Crippen LogP contribution >= 0.6 is 23.2 Å². The molecule has 1 amide bonds. The fourth-order valence-electron chi connectivity index (χ4n) is 3.05. The predicted molar refractivity (Wildman–Crippen MR) is 123 cm³/mol. The van der Waals surface area contributed by atoms with Crippen LogP contribution < -0.4 is 5.32 Å². The maximum absolute atomic E-state index is 13.3. The molecule has 3 aromatic carbocycles. The predicted octanol–water partition coefficient (Wildman–Crippen LogP) is 5.06. The molecule has 0 aromatic heterocycles. The number of carbonyl (C=O) groups is 1. The number of hydrogen-bond donors (Lipinski definition) is 1. The Labute approximate surface area is 192 Å². The first-order chi connectivity index (χ1) is 14.8. The van der Waals surface area contributed by atoms with Crippen molar-refractivity contribution in [3.8, 4) is 0 Å². The molecule has 1 N–H and O–H groups in total. The average molecular weight is 477 g/mol. The van der Waals surface area contributed by atoms with Crippen molar-refractivity contribution in [3.63, 3.8) is 0 Å².